The Hall–Kier alpha value is -2.97. The molecule has 9 heteroatoms. The molecular weight excluding hydrogens is 374 g/mol. The van der Waals surface area contributed by atoms with E-state index >= 15 is 0 Å². The number of tetrazole rings is 1. The van der Waals surface area contributed by atoms with Gasteiger partial charge in [0.2, 0.25) is 6.23 Å². The highest BCUT2D eigenvalue weighted by atomic mass is 16.7. The quantitative estimate of drug-likeness (QED) is 0.730. The van der Waals surface area contributed by atoms with E-state index < -0.39 is 18.3 Å². The van der Waals surface area contributed by atoms with Crippen molar-refractivity contribution in [3.63, 3.8) is 0 Å². The average Bonchev–Trinajstić information content (AvgIpc) is 3.03. The molecule has 0 bridgehead atoms. The third kappa shape index (κ3) is 5.10. The van der Waals surface area contributed by atoms with Gasteiger partial charge in [0.05, 0.1) is 0 Å². The predicted molar refractivity (Wildman–Crippen MR) is 104 cm³/mol. The number of ether oxygens (including phenoxy) is 2. The molecule has 156 valence electrons. The Labute approximate surface area is 169 Å². The van der Waals surface area contributed by atoms with E-state index in [9.17, 15) is 9.59 Å². The van der Waals surface area contributed by atoms with Gasteiger partial charge < -0.3 is 9.47 Å². The van der Waals surface area contributed by atoms with Crippen LogP contribution >= 0.6 is 0 Å². The van der Waals surface area contributed by atoms with Crippen LogP contribution in [-0.2, 0) is 16.5 Å². The summed E-state index contributed by atoms with van der Waals surface area (Å²) in [6.07, 6.45) is 3.29. The number of aryl methyl sites for hydroxylation is 3. The minimum absolute atomic E-state index is 0.106. The molecule has 1 aliphatic rings. The van der Waals surface area contributed by atoms with Gasteiger partial charge in [0.15, 0.2) is 0 Å². The first-order valence-corrected chi connectivity index (χ1v) is 9.87. The number of nitrogens with zero attached hydrogens (tertiary/aromatic N) is 5. The number of aromatic nitrogens is 4. The fraction of sp³-hybridized carbons (Fsp3) is 0.550. The molecule has 0 saturated heterocycles. The Morgan fingerprint density at radius 2 is 1.90 bits per heavy atom. The zero-order valence-electron chi connectivity index (χ0n) is 17.3. The minimum atomic E-state index is -0.828. The van der Waals surface area contributed by atoms with Crippen LogP contribution in [-0.4, -0.2) is 38.0 Å². The van der Waals surface area contributed by atoms with E-state index in [-0.39, 0.29) is 11.7 Å². The molecule has 1 fully saturated rings. The summed E-state index contributed by atoms with van der Waals surface area (Å²) in [5.74, 6) is -0.418. The number of rotatable bonds is 4. The third-order valence-electron chi connectivity index (χ3n) is 5.01. The molecule has 9 nitrogen and oxygen atoms in total. The van der Waals surface area contributed by atoms with Crippen LogP contribution in [0, 0.1) is 13.8 Å². The monoisotopic (exact) mass is 401 g/mol. The SMILES string of the molecule is Cc1ccc(C(=O)N=c2n(C)nnn2C(C)OC(=O)OC2CCCCC2)c(C)c1. The Bertz CT molecular complexity index is 956. The van der Waals surface area contributed by atoms with Crippen molar-refractivity contribution < 1.29 is 19.1 Å². The number of hydrogen-bond donors (Lipinski definition) is 0. The average molecular weight is 401 g/mol. The summed E-state index contributed by atoms with van der Waals surface area (Å²) in [5.41, 5.74) is 2.57. The predicted octanol–water partition coefficient (Wildman–Crippen LogP) is 2.98. The van der Waals surface area contributed by atoms with Crippen molar-refractivity contribution in [1.29, 1.82) is 0 Å². The van der Waals surface area contributed by atoms with Gasteiger partial charge in [0, 0.05) is 12.6 Å². The Kier molecular flexibility index (Phi) is 6.46. The lowest BCUT2D eigenvalue weighted by Gasteiger charge is -2.22. The largest absolute Gasteiger partial charge is 0.510 e. The van der Waals surface area contributed by atoms with Crippen LogP contribution in [0.1, 0.15) is 66.7 Å². The topological polar surface area (TPSA) is 101 Å². The first-order valence-electron chi connectivity index (χ1n) is 9.87. The molecule has 0 spiro atoms. The lowest BCUT2D eigenvalue weighted by atomic mass is 9.98. The first kappa shape index (κ1) is 20.8. The molecule has 0 radical (unpaired) electrons. The number of carbonyl (C=O) groups is 2. The van der Waals surface area contributed by atoms with Gasteiger partial charge >= 0.3 is 6.16 Å². The second-order valence-electron chi connectivity index (χ2n) is 7.43. The molecule has 29 heavy (non-hydrogen) atoms. The second-order valence-corrected chi connectivity index (χ2v) is 7.43. The van der Waals surface area contributed by atoms with Gasteiger partial charge in [-0.25, -0.2) is 9.48 Å². The van der Waals surface area contributed by atoms with Crippen molar-refractivity contribution in [2.75, 3.05) is 0 Å². The van der Waals surface area contributed by atoms with Crippen LogP contribution in [0.5, 0.6) is 0 Å². The molecule has 1 saturated carbocycles. The fourth-order valence-electron chi connectivity index (χ4n) is 3.43. The Balaban J connectivity index is 1.76. The maximum absolute atomic E-state index is 12.7. The molecule has 0 aliphatic heterocycles. The van der Waals surface area contributed by atoms with E-state index in [4.69, 9.17) is 9.47 Å². The van der Waals surface area contributed by atoms with Crippen LogP contribution in [0.25, 0.3) is 0 Å². The normalized spacial score (nSPS) is 16.5. The van der Waals surface area contributed by atoms with E-state index in [1.54, 1.807) is 20.0 Å². The summed E-state index contributed by atoms with van der Waals surface area (Å²) in [4.78, 5) is 29.0. The maximum Gasteiger partial charge on any atom is 0.510 e. The van der Waals surface area contributed by atoms with Gasteiger partial charge in [-0.3, -0.25) is 4.79 Å². The van der Waals surface area contributed by atoms with Crippen LogP contribution < -0.4 is 5.62 Å². The summed E-state index contributed by atoms with van der Waals surface area (Å²) in [6.45, 7) is 5.44. The molecule has 2 aromatic rings. The lowest BCUT2D eigenvalue weighted by Crippen LogP contribution is -2.32. The minimum Gasteiger partial charge on any atom is -0.431 e. The van der Waals surface area contributed by atoms with Gasteiger partial charge in [0.1, 0.15) is 6.10 Å². The highest BCUT2D eigenvalue weighted by molar-refractivity contribution is 5.96. The Morgan fingerprint density at radius 3 is 2.59 bits per heavy atom. The van der Waals surface area contributed by atoms with Gasteiger partial charge in [0.25, 0.3) is 11.5 Å². The molecule has 1 heterocycles. The summed E-state index contributed by atoms with van der Waals surface area (Å²) in [6, 6.07) is 5.52. The van der Waals surface area contributed by atoms with Crippen molar-refractivity contribution >= 4 is 12.1 Å². The number of benzene rings is 1. The van der Waals surface area contributed by atoms with Crippen molar-refractivity contribution in [3.8, 4) is 0 Å². The Morgan fingerprint density at radius 1 is 1.17 bits per heavy atom. The molecular formula is C20H27N5O4. The molecule has 1 amide bonds. The van der Waals surface area contributed by atoms with Crippen LogP contribution in [0.3, 0.4) is 0 Å². The highest BCUT2D eigenvalue weighted by Gasteiger charge is 2.22. The molecule has 1 aromatic heterocycles. The second kappa shape index (κ2) is 9.02. The summed E-state index contributed by atoms with van der Waals surface area (Å²) >= 11 is 0. The highest BCUT2D eigenvalue weighted by Crippen LogP contribution is 2.21. The number of hydrogen-bond acceptors (Lipinski definition) is 6. The summed E-state index contributed by atoms with van der Waals surface area (Å²) < 4.78 is 13.4. The van der Waals surface area contributed by atoms with E-state index in [2.05, 4.69) is 15.4 Å². The third-order valence-corrected chi connectivity index (χ3v) is 5.01. The smallest absolute Gasteiger partial charge is 0.431 e. The van der Waals surface area contributed by atoms with Gasteiger partial charge in [-0.2, -0.15) is 9.67 Å². The summed E-state index contributed by atoms with van der Waals surface area (Å²) in [7, 11) is 1.62. The number of amides is 1. The van der Waals surface area contributed by atoms with E-state index in [0.29, 0.717) is 5.56 Å². The molecule has 1 aromatic carbocycles. The maximum atomic E-state index is 12.7. The molecule has 1 aliphatic carbocycles. The first-order chi connectivity index (χ1) is 13.8. The standard InChI is InChI=1S/C20H27N5O4/c1-13-10-11-17(14(2)12-13)18(26)21-19-24(4)22-23-25(19)15(3)28-20(27)29-16-8-6-5-7-9-16/h10-12,15-16H,5-9H2,1-4H3. The molecule has 3 rings (SSSR count). The fourth-order valence-corrected chi connectivity index (χ4v) is 3.43. The lowest BCUT2D eigenvalue weighted by molar-refractivity contribution is -0.0302. The van der Waals surface area contributed by atoms with Crippen LogP contribution in [0.4, 0.5) is 4.79 Å². The zero-order valence-corrected chi connectivity index (χ0v) is 17.3. The van der Waals surface area contributed by atoms with Gasteiger partial charge in [-0.05, 0) is 68.5 Å². The number of carbonyl (C=O) groups excluding carboxylic acids is 2. The molecule has 0 N–H and O–H groups in total. The zero-order chi connectivity index (χ0) is 21.0. The molecule has 1 atom stereocenters. The van der Waals surface area contributed by atoms with Gasteiger partial charge in [-0.15, -0.1) is 0 Å². The van der Waals surface area contributed by atoms with Gasteiger partial charge in [-0.1, -0.05) is 24.1 Å². The van der Waals surface area contributed by atoms with E-state index in [1.807, 2.05) is 26.0 Å². The van der Waals surface area contributed by atoms with Crippen LogP contribution in [0.2, 0.25) is 0 Å². The van der Waals surface area contributed by atoms with E-state index in [0.717, 1.165) is 36.8 Å². The van der Waals surface area contributed by atoms with Crippen LogP contribution in [0.15, 0.2) is 23.2 Å². The molecule has 1 unspecified atom stereocenters. The summed E-state index contributed by atoms with van der Waals surface area (Å²) in [5, 5.41) is 7.85. The van der Waals surface area contributed by atoms with Crippen molar-refractivity contribution in [3.05, 3.63) is 40.5 Å². The van der Waals surface area contributed by atoms with Crippen molar-refractivity contribution in [2.24, 2.45) is 12.0 Å². The van der Waals surface area contributed by atoms with Crippen molar-refractivity contribution in [1.82, 2.24) is 19.8 Å². The van der Waals surface area contributed by atoms with Crippen molar-refractivity contribution in [2.45, 2.75) is 65.2 Å². The van der Waals surface area contributed by atoms with E-state index in [1.165, 1.54) is 15.8 Å².